The summed E-state index contributed by atoms with van der Waals surface area (Å²) >= 11 is 3.36. The Morgan fingerprint density at radius 1 is 1.26 bits per heavy atom. The molecule has 0 amide bonds. The van der Waals surface area contributed by atoms with Crippen LogP contribution in [-0.2, 0) is 0 Å². The van der Waals surface area contributed by atoms with Crippen molar-refractivity contribution >= 4 is 21.9 Å². The standard InChI is InChI=1S/C13H14BrN3O2/c1-3-18-10-6-4-5-7-11(10)19-12-9(14)8-16-13(15-2)17-12/h4-8H,3H2,1-2H3,(H,15,16,17). The third-order valence-electron chi connectivity index (χ3n) is 2.29. The summed E-state index contributed by atoms with van der Waals surface area (Å²) in [5.74, 6) is 2.23. The molecule has 0 atom stereocenters. The molecule has 0 aliphatic heterocycles. The number of anilines is 1. The van der Waals surface area contributed by atoms with E-state index in [-0.39, 0.29) is 0 Å². The minimum absolute atomic E-state index is 0.437. The summed E-state index contributed by atoms with van der Waals surface area (Å²) in [6.07, 6.45) is 1.64. The lowest BCUT2D eigenvalue weighted by atomic mass is 10.3. The Balaban J connectivity index is 2.30. The molecule has 19 heavy (non-hydrogen) atoms. The second-order valence-corrected chi connectivity index (χ2v) is 4.43. The molecule has 5 nitrogen and oxygen atoms in total. The van der Waals surface area contributed by atoms with Crippen molar-refractivity contribution < 1.29 is 9.47 Å². The number of ether oxygens (including phenoxy) is 2. The van der Waals surface area contributed by atoms with E-state index in [0.29, 0.717) is 34.4 Å². The van der Waals surface area contributed by atoms with Crippen molar-refractivity contribution in [1.82, 2.24) is 9.97 Å². The SMILES string of the molecule is CCOc1ccccc1Oc1nc(NC)ncc1Br. The van der Waals surface area contributed by atoms with Gasteiger partial charge >= 0.3 is 0 Å². The number of para-hydroxylation sites is 2. The number of benzene rings is 1. The van der Waals surface area contributed by atoms with Gasteiger partial charge in [0, 0.05) is 7.05 Å². The van der Waals surface area contributed by atoms with Crippen molar-refractivity contribution in [3.05, 3.63) is 34.9 Å². The molecule has 1 heterocycles. The summed E-state index contributed by atoms with van der Waals surface area (Å²) in [5.41, 5.74) is 0. The summed E-state index contributed by atoms with van der Waals surface area (Å²) in [4.78, 5) is 8.32. The van der Waals surface area contributed by atoms with Gasteiger partial charge in [0.05, 0.1) is 17.3 Å². The van der Waals surface area contributed by atoms with E-state index in [0.717, 1.165) is 0 Å². The molecule has 1 aromatic heterocycles. The van der Waals surface area contributed by atoms with Gasteiger partial charge in [-0.2, -0.15) is 4.98 Å². The van der Waals surface area contributed by atoms with E-state index in [1.807, 2.05) is 31.2 Å². The number of nitrogens with one attached hydrogen (secondary N) is 1. The third kappa shape index (κ3) is 3.35. The number of hydrogen-bond donors (Lipinski definition) is 1. The van der Waals surface area contributed by atoms with Gasteiger partial charge in [0.1, 0.15) is 0 Å². The lowest BCUT2D eigenvalue weighted by molar-refractivity contribution is 0.319. The summed E-state index contributed by atoms with van der Waals surface area (Å²) < 4.78 is 12.0. The molecule has 1 N–H and O–H groups in total. The van der Waals surface area contributed by atoms with Crippen molar-refractivity contribution in [2.75, 3.05) is 19.0 Å². The van der Waals surface area contributed by atoms with E-state index < -0.39 is 0 Å². The topological polar surface area (TPSA) is 56.3 Å². The van der Waals surface area contributed by atoms with Crippen molar-refractivity contribution in [2.24, 2.45) is 0 Å². The van der Waals surface area contributed by atoms with E-state index in [4.69, 9.17) is 9.47 Å². The van der Waals surface area contributed by atoms with Gasteiger partial charge in [0.15, 0.2) is 11.5 Å². The van der Waals surface area contributed by atoms with Crippen LogP contribution < -0.4 is 14.8 Å². The van der Waals surface area contributed by atoms with Crippen LogP contribution in [0.3, 0.4) is 0 Å². The van der Waals surface area contributed by atoms with Gasteiger partial charge in [-0.25, -0.2) is 4.98 Å². The Morgan fingerprint density at radius 3 is 2.68 bits per heavy atom. The van der Waals surface area contributed by atoms with Gasteiger partial charge in [-0.15, -0.1) is 0 Å². The molecule has 0 aliphatic carbocycles. The highest BCUT2D eigenvalue weighted by atomic mass is 79.9. The number of aromatic nitrogens is 2. The lowest BCUT2D eigenvalue weighted by Crippen LogP contribution is -2.00. The van der Waals surface area contributed by atoms with Crippen LogP contribution >= 0.6 is 15.9 Å². The molecular weight excluding hydrogens is 310 g/mol. The summed E-state index contributed by atoms with van der Waals surface area (Å²) in [6, 6.07) is 7.46. The van der Waals surface area contributed by atoms with Crippen molar-refractivity contribution in [3.63, 3.8) is 0 Å². The van der Waals surface area contributed by atoms with E-state index in [9.17, 15) is 0 Å². The fourth-order valence-corrected chi connectivity index (χ4v) is 1.73. The molecule has 0 saturated carbocycles. The van der Waals surface area contributed by atoms with Crippen molar-refractivity contribution in [1.29, 1.82) is 0 Å². The molecule has 0 spiro atoms. The molecule has 0 fully saturated rings. The quantitative estimate of drug-likeness (QED) is 0.913. The van der Waals surface area contributed by atoms with Gasteiger partial charge in [-0.1, -0.05) is 12.1 Å². The first-order valence-electron chi connectivity index (χ1n) is 5.84. The third-order valence-corrected chi connectivity index (χ3v) is 2.84. The Hall–Kier alpha value is -1.82. The van der Waals surface area contributed by atoms with Crippen LogP contribution in [0.5, 0.6) is 17.4 Å². The molecule has 6 heteroatoms. The van der Waals surface area contributed by atoms with Crippen LogP contribution in [0.1, 0.15) is 6.92 Å². The Morgan fingerprint density at radius 2 is 2.00 bits per heavy atom. The van der Waals surface area contributed by atoms with E-state index in [1.54, 1.807) is 13.2 Å². The molecule has 0 saturated heterocycles. The van der Waals surface area contributed by atoms with Crippen LogP contribution in [0.25, 0.3) is 0 Å². The minimum atomic E-state index is 0.437. The maximum Gasteiger partial charge on any atom is 0.238 e. The maximum absolute atomic E-state index is 5.77. The Labute approximate surface area is 120 Å². The van der Waals surface area contributed by atoms with Gasteiger partial charge in [0.25, 0.3) is 0 Å². The van der Waals surface area contributed by atoms with Gasteiger partial charge in [-0.3, -0.25) is 0 Å². The summed E-state index contributed by atoms with van der Waals surface area (Å²) in [5, 5.41) is 2.87. The second kappa shape index (κ2) is 6.38. The van der Waals surface area contributed by atoms with Gasteiger partial charge < -0.3 is 14.8 Å². The zero-order chi connectivity index (χ0) is 13.7. The van der Waals surface area contributed by atoms with E-state index in [2.05, 4.69) is 31.2 Å². The first-order valence-corrected chi connectivity index (χ1v) is 6.64. The molecule has 0 aliphatic rings. The minimum Gasteiger partial charge on any atom is -0.490 e. The number of hydrogen-bond acceptors (Lipinski definition) is 5. The molecule has 2 rings (SSSR count). The number of rotatable bonds is 5. The van der Waals surface area contributed by atoms with Crippen LogP contribution in [0, 0.1) is 0 Å². The monoisotopic (exact) mass is 323 g/mol. The highest BCUT2D eigenvalue weighted by molar-refractivity contribution is 9.10. The molecule has 2 aromatic rings. The molecule has 100 valence electrons. The zero-order valence-corrected chi connectivity index (χ0v) is 12.3. The van der Waals surface area contributed by atoms with Crippen LogP contribution in [-0.4, -0.2) is 23.6 Å². The first-order chi connectivity index (χ1) is 9.24. The fourth-order valence-electron chi connectivity index (χ4n) is 1.46. The summed E-state index contributed by atoms with van der Waals surface area (Å²) in [7, 11) is 1.75. The van der Waals surface area contributed by atoms with Gasteiger partial charge in [0.2, 0.25) is 11.8 Å². The molecular formula is C13H14BrN3O2. The van der Waals surface area contributed by atoms with E-state index >= 15 is 0 Å². The lowest BCUT2D eigenvalue weighted by Gasteiger charge is -2.11. The molecule has 0 radical (unpaired) electrons. The van der Waals surface area contributed by atoms with Crippen LogP contribution in [0.2, 0.25) is 0 Å². The van der Waals surface area contributed by atoms with Crippen molar-refractivity contribution in [2.45, 2.75) is 6.92 Å². The maximum atomic E-state index is 5.77. The largest absolute Gasteiger partial charge is 0.490 e. The predicted octanol–water partition coefficient (Wildman–Crippen LogP) is 3.47. The number of nitrogens with zero attached hydrogens (tertiary/aromatic N) is 2. The highest BCUT2D eigenvalue weighted by Crippen LogP contribution is 2.33. The normalized spacial score (nSPS) is 10.1. The molecule has 0 bridgehead atoms. The first kappa shape index (κ1) is 13.6. The van der Waals surface area contributed by atoms with Crippen molar-refractivity contribution in [3.8, 4) is 17.4 Å². The second-order valence-electron chi connectivity index (χ2n) is 3.58. The predicted molar refractivity (Wildman–Crippen MR) is 77.0 cm³/mol. The smallest absolute Gasteiger partial charge is 0.238 e. The highest BCUT2D eigenvalue weighted by Gasteiger charge is 2.10. The van der Waals surface area contributed by atoms with Gasteiger partial charge in [-0.05, 0) is 35.0 Å². The molecule has 1 aromatic carbocycles. The Kier molecular flexibility index (Phi) is 4.57. The van der Waals surface area contributed by atoms with E-state index in [1.165, 1.54) is 0 Å². The average molecular weight is 324 g/mol. The Bertz CT molecular complexity index is 563. The molecule has 0 unspecified atom stereocenters. The van der Waals surface area contributed by atoms with Crippen LogP contribution in [0.15, 0.2) is 34.9 Å². The number of halogens is 1. The van der Waals surface area contributed by atoms with Crippen LogP contribution in [0.4, 0.5) is 5.95 Å². The fraction of sp³-hybridized carbons (Fsp3) is 0.231. The zero-order valence-electron chi connectivity index (χ0n) is 10.7. The summed E-state index contributed by atoms with van der Waals surface area (Å²) in [6.45, 7) is 2.50. The average Bonchev–Trinajstić information content (AvgIpc) is 2.43.